The Hall–Kier alpha value is -0.590. The molecule has 1 N–H and O–H groups in total. The molecule has 0 fully saturated rings. The van der Waals surface area contributed by atoms with Crippen LogP contribution in [0.2, 0.25) is 0 Å². The van der Waals surface area contributed by atoms with Crippen LogP contribution in [-0.4, -0.2) is 25.7 Å². The van der Waals surface area contributed by atoms with Gasteiger partial charge >= 0.3 is 5.97 Å². The predicted octanol–water partition coefficient (Wildman–Crippen LogP) is 3.26. The summed E-state index contributed by atoms with van der Waals surface area (Å²) in [6, 6.07) is 3.93. The fourth-order valence-corrected chi connectivity index (χ4v) is 3.03. The summed E-state index contributed by atoms with van der Waals surface area (Å²) in [5.74, 6) is 0.545. The standard InChI is InChI=1S/C13H17Br2NO3/c1-3-18-12(17)8-16-7-9-5-10(14)13(19-4-2)11(15)6-9/h5-6,16H,3-4,7-8H2,1-2H3. The molecule has 0 aromatic heterocycles. The Labute approximate surface area is 130 Å². The van der Waals surface area contributed by atoms with E-state index >= 15 is 0 Å². The molecule has 0 saturated heterocycles. The molecule has 0 radical (unpaired) electrons. The van der Waals surface area contributed by atoms with E-state index in [2.05, 4.69) is 37.2 Å². The summed E-state index contributed by atoms with van der Waals surface area (Å²) in [5, 5.41) is 3.04. The maximum absolute atomic E-state index is 11.2. The molecule has 0 bridgehead atoms. The van der Waals surface area contributed by atoms with Crippen molar-refractivity contribution < 1.29 is 14.3 Å². The first-order valence-corrected chi connectivity index (χ1v) is 7.64. The Morgan fingerprint density at radius 1 is 1.21 bits per heavy atom. The predicted molar refractivity (Wildman–Crippen MR) is 81.4 cm³/mol. The lowest BCUT2D eigenvalue weighted by Crippen LogP contribution is -2.24. The van der Waals surface area contributed by atoms with Crippen molar-refractivity contribution in [2.75, 3.05) is 19.8 Å². The van der Waals surface area contributed by atoms with E-state index in [9.17, 15) is 4.79 Å². The van der Waals surface area contributed by atoms with Crippen molar-refractivity contribution in [3.05, 3.63) is 26.6 Å². The second kappa shape index (κ2) is 8.55. The van der Waals surface area contributed by atoms with E-state index in [0.717, 1.165) is 20.3 Å². The molecule has 0 aliphatic heterocycles. The molecule has 1 aromatic rings. The van der Waals surface area contributed by atoms with E-state index in [1.165, 1.54) is 0 Å². The number of halogens is 2. The number of hydrogen-bond acceptors (Lipinski definition) is 4. The molecule has 19 heavy (non-hydrogen) atoms. The van der Waals surface area contributed by atoms with Gasteiger partial charge in [-0.15, -0.1) is 0 Å². The first-order valence-electron chi connectivity index (χ1n) is 6.05. The van der Waals surface area contributed by atoms with Crippen LogP contribution in [0.3, 0.4) is 0 Å². The normalized spacial score (nSPS) is 10.3. The van der Waals surface area contributed by atoms with Gasteiger partial charge in [0.25, 0.3) is 0 Å². The summed E-state index contributed by atoms with van der Waals surface area (Å²) in [6.45, 7) is 5.53. The van der Waals surface area contributed by atoms with Crippen LogP contribution < -0.4 is 10.1 Å². The minimum absolute atomic E-state index is 0.205. The maximum atomic E-state index is 11.2. The van der Waals surface area contributed by atoms with Gasteiger partial charge in [-0.05, 0) is 63.4 Å². The van der Waals surface area contributed by atoms with Gasteiger partial charge in [-0.3, -0.25) is 4.79 Å². The Bertz CT molecular complexity index is 415. The molecule has 4 nitrogen and oxygen atoms in total. The zero-order valence-corrected chi connectivity index (χ0v) is 14.1. The molecule has 1 rings (SSSR count). The first-order chi connectivity index (χ1) is 9.08. The summed E-state index contributed by atoms with van der Waals surface area (Å²) in [5.41, 5.74) is 1.05. The van der Waals surface area contributed by atoms with Crippen molar-refractivity contribution in [1.29, 1.82) is 0 Å². The summed E-state index contributed by atoms with van der Waals surface area (Å²) in [4.78, 5) is 11.2. The third kappa shape index (κ3) is 5.50. The van der Waals surface area contributed by atoms with E-state index in [4.69, 9.17) is 9.47 Å². The van der Waals surface area contributed by atoms with Crippen LogP contribution >= 0.6 is 31.9 Å². The maximum Gasteiger partial charge on any atom is 0.319 e. The summed E-state index contributed by atoms with van der Waals surface area (Å²) >= 11 is 6.94. The van der Waals surface area contributed by atoms with Gasteiger partial charge in [0.15, 0.2) is 0 Å². The molecule has 106 valence electrons. The van der Waals surface area contributed by atoms with Gasteiger partial charge in [-0.2, -0.15) is 0 Å². The number of ether oxygens (including phenoxy) is 2. The minimum atomic E-state index is -0.244. The minimum Gasteiger partial charge on any atom is -0.492 e. The SMILES string of the molecule is CCOC(=O)CNCc1cc(Br)c(OCC)c(Br)c1. The molecule has 0 aliphatic carbocycles. The molecule has 0 spiro atoms. The Balaban J connectivity index is 2.58. The fourth-order valence-electron chi connectivity index (χ4n) is 1.52. The number of carbonyl (C=O) groups is 1. The highest BCUT2D eigenvalue weighted by Gasteiger charge is 2.09. The first kappa shape index (κ1) is 16.5. The quantitative estimate of drug-likeness (QED) is 0.721. The highest BCUT2D eigenvalue weighted by Crippen LogP contribution is 2.34. The van der Waals surface area contributed by atoms with Gasteiger partial charge < -0.3 is 14.8 Å². The van der Waals surface area contributed by atoms with E-state index in [-0.39, 0.29) is 12.5 Å². The van der Waals surface area contributed by atoms with E-state index in [1.807, 2.05) is 19.1 Å². The average molecular weight is 395 g/mol. The van der Waals surface area contributed by atoms with Gasteiger partial charge in [-0.1, -0.05) is 0 Å². The van der Waals surface area contributed by atoms with Gasteiger partial charge in [0.05, 0.1) is 28.7 Å². The number of esters is 1. The van der Waals surface area contributed by atoms with Gasteiger partial charge in [-0.25, -0.2) is 0 Å². The lowest BCUT2D eigenvalue weighted by molar-refractivity contribution is -0.142. The topological polar surface area (TPSA) is 47.6 Å². The highest BCUT2D eigenvalue weighted by molar-refractivity contribution is 9.11. The molecule has 6 heteroatoms. The molecule has 0 saturated carbocycles. The highest BCUT2D eigenvalue weighted by atomic mass is 79.9. The monoisotopic (exact) mass is 393 g/mol. The largest absolute Gasteiger partial charge is 0.492 e. The Kier molecular flexibility index (Phi) is 7.41. The molecule has 1 aromatic carbocycles. The number of carbonyl (C=O) groups excluding carboxylic acids is 1. The van der Waals surface area contributed by atoms with Crippen LogP contribution in [0.1, 0.15) is 19.4 Å². The molecular weight excluding hydrogens is 378 g/mol. The molecule has 0 heterocycles. The number of nitrogens with one attached hydrogen (secondary N) is 1. The van der Waals surface area contributed by atoms with Crippen molar-refractivity contribution in [1.82, 2.24) is 5.32 Å². The van der Waals surface area contributed by atoms with Gasteiger partial charge in [0.1, 0.15) is 5.75 Å². The van der Waals surface area contributed by atoms with Gasteiger partial charge in [0.2, 0.25) is 0 Å². The Morgan fingerprint density at radius 2 is 1.84 bits per heavy atom. The second-order valence-corrected chi connectivity index (χ2v) is 5.44. The van der Waals surface area contributed by atoms with Crippen LogP contribution in [0.4, 0.5) is 0 Å². The lowest BCUT2D eigenvalue weighted by atomic mass is 10.2. The molecule has 0 aliphatic rings. The van der Waals surface area contributed by atoms with Crippen LogP contribution in [-0.2, 0) is 16.1 Å². The number of hydrogen-bond donors (Lipinski definition) is 1. The van der Waals surface area contributed by atoms with Crippen molar-refractivity contribution in [3.63, 3.8) is 0 Å². The summed E-state index contributed by atoms with van der Waals surface area (Å²) in [6.07, 6.45) is 0. The van der Waals surface area contributed by atoms with E-state index < -0.39 is 0 Å². The lowest BCUT2D eigenvalue weighted by Gasteiger charge is -2.11. The van der Waals surface area contributed by atoms with Crippen LogP contribution in [0.15, 0.2) is 21.1 Å². The van der Waals surface area contributed by atoms with Gasteiger partial charge in [0, 0.05) is 6.54 Å². The molecular formula is C13H17Br2NO3. The molecule has 0 amide bonds. The number of rotatable bonds is 7. The third-order valence-electron chi connectivity index (χ3n) is 2.25. The zero-order chi connectivity index (χ0) is 14.3. The van der Waals surface area contributed by atoms with Crippen molar-refractivity contribution in [2.24, 2.45) is 0 Å². The zero-order valence-electron chi connectivity index (χ0n) is 11.0. The van der Waals surface area contributed by atoms with Crippen molar-refractivity contribution >= 4 is 37.8 Å². The van der Waals surface area contributed by atoms with Crippen LogP contribution in [0, 0.1) is 0 Å². The van der Waals surface area contributed by atoms with Crippen molar-refractivity contribution in [3.8, 4) is 5.75 Å². The Morgan fingerprint density at radius 3 is 2.37 bits per heavy atom. The summed E-state index contributed by atoms with van der Waals surface area (Å²) in [7, 11) is 0. The third-order valence-corrected chi connectivity index (χ3v) is 3.43. The smallest absolute Gasteiger partial charge is 0.319 e. The summed E-state index contributed by atoms with van der Waals surface area (Å²) < 4.78 is 12.1. The van der Waals surface area contributed by atoms with Crippen LogP contribution in [0.25, 0.3) is 0 Å². The average Bonchev–Trinajstić information content (AvgIpc) is 2.34. The van der Waals surface area contributed by atoms with Crippen molar-refractivity contribution in [2.45, 2.75) is 20.4 Å². The van der Waals surface area contributed by atoms with E-state index in [1.54, 1.807) is 6.92 Å². The number of benzene rings is 1. The second-order valence-electron chi connectivity index (χ2n) is 3.73. The van der Waals surface area contributed by atoms with E-state index in [0.29, 0.717) is 19.8 Å². The van der Waals surface area contributed by atoms with Crippen LogP contribution in [0.5, 0.6) is 5.75 Å². The molecule has 0 unspecified atom stereocenters. The fraction of sp³-hybridized carbons (Fsp3) is 0.462. The molecule has 0 atom stereocenters.